The summed E-state index contributed by atoms with van der Waals surface area (Å²) in [5.74, 6) is -0.198. The highest BCUT2D eigenvalue weighted by Gasteiger charge is 2.25. The van der Waals surface area contributed by atoms with Crippen molar-refractivity contribution in [1.82, 2.24) is 4.90 Å². The quantitative estimate of drug-likeness (QED) is 0.760. The van der Waals surface area contributed by atoms with Gasteiger partial charge in [-0.25, -0.2) is 4.79 Å². The van der Waals surface area contributed by atoms with Crippen LogP contribution in [0.15, 0.2) is 42.0 Å². The highest BCUT2D eigenvalue weighted by Crippen LogP contribution is 2.31. The van der Waals surface area contributed by atoms with Gasteiger partial charge in [-0.15, -0.1) is 0 Å². The van der Waals surface area contributed by atoms with Gasteiger partial charge in [-0.2, -0.15) is 0 Å². The van der Waals surface area contributed by atoms with E-state index in [9.17, 15) is 4.79 Å². The summed E-state index contributed by atoms with van der Waals surface area (Å²) >= 11 is 0. The van der Waals surface area contributed by atoms with Gasteiger partial charge in [0, 0.05) is 17.8 Å². The van der Waals surface area contributed by atoms with Crippen molar-refractivity contribution >= 4 is 11.7 Å². The zero-order chi connectivity index (χ0) is 13.2. The van der Waals surface area contributed by atoms with Crippen LogP contribution in [-0.2, 0) is 16.0 Å². The number of hydrogen-bond acceptors (Lipinski definition) is 3. The number of allylic oxidation sites excluding steroid dienone is 2. The Morgan fingerprint density at radius 2 is 2.16 bits per heavy atom. The molecule has 2 aliphatic rings. The van der Waals surface area contributed by atoms with E-state index in [4.69, 9.17) is 4.74 Å². The van der Waals surface area contributed by atoms with E-state index >= 15 is 0 Å². The Morgan fingerprint density at radius 3 is 3.00 bits per heavy atom. The Labute approximate surface area is 113 Å². The smallest absolute Gasteiger partial charge is 0.335 e. The van der Waals surface area contributed by atoms with E-state index in [-0.39, 0.29) is 5.97 Å². The maximum atomic E-state index is 11.8. The second-order valence-corrected chi connectivity index (χ2v) is 4.79. The summed E-state index contributed by atoms with van der Waals surface area (Å²) in [4.78, 5) is 14.0. The molecule has 1 aromatic carbocycles. The summed E-state index contributed by atoms with van der Waals surface area (Å²) < 4.78 is 5.07. The summed E-state index contributed by atoms with van der Waals surface area (Å²) in [5, 5.41) is 0. The van der Waals surface area contributed by atoms with Crippen LogP contribution in [-0.4, -0.2) is 30.6 Å². The summed E-state index contributed by atoms with van der Waals surface area (Å²) in [7, 11) is 0. The van der Waals surface area contributed by atoms with Gasteiger partial charge < -0.3 is 9.64 Å². The number of carbonyl (C=O) groups excluding carboxylic acids is 1. The van der Waals surface area contributed by atoms with Gasteiger partial charge in [-0.05, 0) is 31.1 Å². The number of benzene rings is 1. The molecule has 19 heavy (non-hydrogen) atoms. The van der Waals surface area contributed by atoms with E-state index in [0.29, 0.717) is 13.2 Å². The molecule has 0 N–H and O–H groups in total. The van der Waals surface area contributed by atoms with Gasteiger partial charge in [0.15, 0.2) is 0 Å². The third-order valence-corrected chi connectivity index (χ3v) is 3.63. The van der Waals surface area contributed by atoms with E-state index < -0.39 is 0 Å². The monoisotopic (exact) mass is 255 g/mol. The van der Waals surface area contributed by atoms with Crippen molar-refractivity contribution in [3.8, 4) is 0 Å². The van der Waals surface area contributed by atoms with Crippen LogP contribution in [0.25, 0.3) is 5.70 Å². The summed E-state index contributed by atoms with van der Waals surface area (Å²) in [6, 6.07) is 8.47. The molecule has 0 atom stereocenters. The van der Waals surface area contributed by atoms with E-state index in [1.807, 2.05) is 19.1 Å². The average Bonchev–Trinajstić information content (AvgIpc) is 2.46. The summed E-state index contributed by atoms with van der Waals surface area (Å²) in [5.41, 5.74) is 4.63. The Morgan fingerprint density at radius 1 is 1.32 bits per heavy atom. The summed E-state index contributed by atoms with van der Waals surface area (Å²) in [6.45, 7) is 3.87. The van der Waals surface area contributed by atoms with Crippen LogP contribution in [0.1, 0.15) is 18.1 Å². The third kappa shape index (κ3) is 2.16. The molecule has 98 valence electrons. The number of carbonyl (C=O) groups is 1. The molecule has 0 amide bonds. The van der Waals surface area contributed by atoms with Gasteiger partial charge in [0.2, 0.25) is 0 Å². The van der Waals surface area contributed by atoms with Gasteiger partial charge in [-0.1, -0.05) is 24.3 Å². The van der Waals surface area contributed by atoms with Crippen LogP contribution in [0.2, 0.25) is 0 Å². The minimum absolute atomic E-state index is 0.198. The SMILES string of the molecule is CCOC(=O)C1=CC=C2c3ccccc3CCN2C1. The molecule has 1 aromatic rings. The molecule has 3 heteroatoms. The van der Waals surface area contributed by atoms with Gasteiger partial charge in [0.05, 0.1) is 18.7 Å². The molecule has 0 saturated carbocycles. The minimum Gasteiger partial charge on any atom is -0.463 e. The van der Waals surface area contributed by atoms with Gasteiger partial charge in [0.1, 0.15) is 0 Å². The molecule has 0 spiro atoms. The molecule has 0 fully saturated rings. The van der Waals surface area contributed by atoms with Gasteiger partial charge >= 0.3 is 5.97 Å². The molecule has 0 radical (unpaired) electrons. The Bertz CT molecular complexity index is 572. The first-order valence-corrected chi connectivity index (χ1v) is 6.71. The van der Waals surface area contributed by atoms with Crippen LogP contribution < -0.4 is 0 Å². The molecular weight excluding hydrogens is 238 g/mol. The number of hydrogen-bond donors (Lipinski definition) is 0. The predicted molar refractivity (Wildman–Crippen MR) is 74.4 cm³/mol. The lowest BCUT2D eigenvalue weighted by Gasteiger charge is -2.35. The zero-order valence-electron chi connectivity index (χ0n) is 11.1. The van der Waals surface area contributed by atoms with Crippen LogP contribution in [0.3, 0.4) is 0 Å². The van der Waals surface area contributed by atoms with Crippen LogP contribution in [0, 0.1) is 0 Å². The summed E-state index contributed by atoms with van der Waals surface area (Å²) in [6.07, 6.45) is 4.96. The first-order valence-electron chi connectivity index (χ1n) is 6.71. The van der Waals surface area contributed by atoms with Crippen molar-refractivity contribution in [2.24, 2.45) is 0 Å². The Hall–Kier alpha value is -2.03. The van der Waals surface area contributed by atoms with Crippen molar-refractivity contribution in [2.75, 3.05) is 19.7 Å². The average molecular weight is 255 g/mol. The number of nitrogens with zero attached hydrogens (tertiary/aromatic N) is 1. The molecule has 0 saturated heterocycles. The first kappa shape index (κ1) is 12.0. The molecule has 0 bridgehead atoms. The minimum atomic E-state index is -0.198. The van der Waals surface area contributed by atoms with E-state index in [1.54, 1.807) is 0 Å². The van der Waals surface area contributed by atoms with Gasteiger partial charge in [-0.3, -0.25) is 0 Å². The number of esters is 1. The van der Waals surface area contributed by atoms with Crippen molar-refractivity contribution < 1.29 is 9.53 Å². The molecular formula is C16H17NO2. The van der Waals surface area contributed by atoms with Crippen LogP contribution in [0.4, 0.5) is 0 Å². The fourth-order valence-corrected chi connectivity index (χ4v) is 2.69. The molecule has 0 aliphatic carbocycles. The van der Waals surface area contributed by atoms with Crippen LogP contribution >= 0.6 is 0 Å². The maximum Gasteiger partial charge on any atom is 0.335 e. The van der Waals surface area contributed by atoms with Crippen molar-refractivity contribution in [3.63, 3.8) is 0 Å². The lowest BCUT2D eigenvalue weighted by molar-refractivity contribution is -0.138. The normalized spacial score (nSPS) is 17.0. The maximum absolute atomic E-state index is 11.8. The van der Waals surface area contributed by atoms with Gasteiger partial charge in [0.25, 0.3) is 0 Å². The Kier molecular flexibility index (Phi) is 3.11. The fourth-order valence-electron chi connectivity index (χ4n) is 2.69. The topological polar surface area (TPSA) is 29.5 Å². The van der Waals surface area contributed by atoms with Crippen molar-refractivity contribution in [3.05, 3.63) is 53.1 Å². The largest absolute Gasteiger partial charge is 0.463 e. The Balaban J connectivity index is 1.93. The van der Waals surface area contributed by atoms with Crippen LogP contribution in [0.5, 0.6) is 0 Å². The number of fused-ring (bicyclic) bond motifs is 3. The first-order chi connectivity index (χ1) is 9.29. The third-order valence-electron chi connectivity index (χ3n) is 3.63. The highest BCUT2D eigenvalue weighted by molar-refractivity contribution is 5.91. The molecule has 0 aromatic heterocycles. The second-order valence-electron chi connectivity index (χ2n) is 4.79. The molecule has 3 rings (SSSR count). The van der Waals surface area contributed by atoms with Crippen molar-refractivity contribution in [1.29, 1.82) is 0 Å². The number of rotatable bonds is 2. The predicted octanol–water partition coefficient (Wildman–Crippen LogP) is 2.39. The van der Waals surface area contributed by atoms with E-state index in [0.717, 1.165) is 18.5 Å². The lowest BCUT2D eigenvalue weighted by atomic mass is 9.94. The molecule has 2 heterocycles. The fraction of sp³-hybridized carbons (Fsp3) is 0.312. The standard InChI is InChI=1S/C16H17NO2/c1-2-19-16(18)13-7-8-15-14-6-4-3-5-12(14)9-10-17(15)11-13/h3-8H,2,9-11H2,1H3. The van der Waals surface area contributed by atoms with E-state index in [2.05, 4.69) is 29.2 Å². The van der Waals surface area contributed by atoms with E-state index in [1.165, 1.54) is 16.8 Å². The number of ether oxygens (including phenoxy) is 1. The lowest BCUT2D eigenvalue weighted by Crippen LogP contribution is -2.34. The molecule has 3 nitrogen and oxygen atoms in total. The molecule has 0 unspecified atom stereocenters. The van der Waals surface area contributed by atoms with Crippen molar-refractivity contribution in [2.45, 2.75) is 13.3 Å². The zero-order valence-corrected chi connectivity index (χ0v) is 11.1. The second kappa shape index (κ2) is 4.92. The highest BCUT2D eigenvalue weighted by atomic mass is 16.5. The molecule has 2 aliphatic heterocycles.